The average molecular weight is 374 g/mol. The Balaban J connectivity index is 1.56. The molecule has 7 nitrogen and oxygen atoms in total. The molecule has 0 aromatic carbocycles. The molecular weight excluding hydrogens is 344 g/mol. The van der Waals surface area contributed by atoms with Crippen molar-refractivity contribution in [3.63, 3.8) is 0 Å². The molecule has 2 aliphatic heterocycles. The average Bonchev–Trinajstić information content (AvgIpc) is 2.91. The van der Waals surface area contributed by atoms with E-state index in [-0.39, 0.29) is 17.9 Å². The highest BCUT2D eigenvalue weighted by Gasteiger charge is 2.31. The summed E-state index contributed by atoms with van der Waals surface area (Å²) in [5.41, 5.74) is 1.41. The van der Waals surface area contributed by atoms with Crippen LogP contribution < -0.4 is 5.32 Å². The van der Waals surface area contributed by atoms with Crippen molar-refractivity contribution in [1.29, 1.82) is 0 Å². The first-order chi connectivity index (χ1) is 13.2. The molecule has 0 atom stereocenters. The van der Waals surface area contributed by atoms with E-state index < -0.39 is 0 Å². The van der Waals surface area contributed by atoms with Crippen LogP contribution in [0.5, 0.6) is 0 Å². The van der Waals surface area contributed by atoms with Gasteiger partial charge in [-0.05, 0) is 32.1 Å². The van der Waals surface area contributed by atoms with E-state index in [0.29, 0.717) is 37.8 Å². The topological polar surface area (TPSA) is 76.5 Å². The number of hydrogen-bond acceptors (Lipinski definition) is 4. The van der Waals surface area contributed by atoms with Gasteiger partial charge in [-0.2, -0.15) is 0 Å². The zero-order chi connectivity index (χ0) is 18.6. The van der Waals surface area contributed by atoms with E-state index in [1.165, 1.54) is 25.7 Å². The van der Waals surface area contributed by atoms with E-state index in [4.69, 9.17) is 4.74 Å². The molecule has 3 heterocycles. The molecule has 1 aliphatic carbocycles. The van der Waals surface area contributed by atoms with Crippen molar-refractivity contribution >= 4 is 11.8 Å². The summed E-state index contributed by atoms with van der Waals surface area (Å²) in [6.07, 6.45) is 9.81. The number of carbonyl (C=O) groups excluding carboxylic acids is 2. The van der Waals surface area contributed by atoms with E-state index in [9.17, 15) is 9.59 Å². The number of imidazole rings is 1. The standard InChI is InChI=1S/C20H30N4O3/c25-19(21-15-7-3-1-2-4-8-15)18-22-17(16-9-5-6-10-24(16)18)20(26)23-11-13-27-14-12-23/h15H,1-14H2,(H,21,25). The van der Waals surface area contributed by atoms with Crippen LogP contribution in [-0.4, -0.2) is 58.6 Å². The Hall–Kier alpha value is -1.89. The lowest BCUT2D eigenvalue weighted by molar-refractivity contribution is 0.0298. The third kappa shape index (κ3) is 4.03. The Morgan fingerprint density at radius 2 is 1.70 bits per heavy atom. The molecule has 0 bridgehead atoms. The van der Waals surface area contributed by atoms with Gasteiger partial charge in [0, 0.05) is 25.7 Å². The second kappa shape index (κ2) is 8.42. The van der Waals surface area contributed by atoms with E-state index in [2.05, 4.69) is 10.3 Å². The minimum atomic E-state index is -0.119. The van der Waals surface area contributed by atoms with Gasteiger partial charge in [0.15, 0.2) is 5.82 Å². The number of amides is 2. The fraction of sp³-hybridized carbons (Fsp3) is 0.750. The zero-order valence-corrected chi connectivity index (χ0v) is 16.0. The Morgan fingerprint density at radius 3 is 2.44 bits per heavy atom. The Labute approximate surface area is 160 Å². The monoisotopic (exact) mass is 374 g/mol. The molecule has 0 spiro atoms. The van der Waals surface area contributed by atoms with Gasteiger partial charge in [-0.1, -0.05) is 25.7 Å². The van der Waals surface area contributed by atoms with Crippen LogP contribution in [0.2, 0.25) is 0 Å². The maximum absolute atomic E-state index is 13.0. The second-order valence-corrected chi connectivity index (χ2v) is 7.91. The van der Waals surface area contributed by atoms with Crippen molar-refractivity contribution in [2.24, 2.45) is 0 Å². The van der Waals surface area contributed by atoms with Gasteiger partial charge >= 0.3 is 0 Å². The van der Waals surface area contributed by atoms with Crippen LogP contribution in [-0.2, 0) is 17.7 Å². The zero-order valence-electron chi connectivity index (χ0n) is 16.0. The minimum Gasteiger partial charge on any atom is -0.378 e. The molecule has 27 heavy (non-hydrogen) atoms. The highest BCUT2D eigenvalue weighted by Crippen LogP contribution is 2.23. The summed E-state index contributed by atoms with van der Waals surface area (Å²) in [5, 5.41) is 3.19. The molecule has 148 valence electrons. The number of morpholine rings is 1. The van der Waals surface area contributed by atoms with Crippen LogP contribution in [0.15, 0.2) is 0 Å². The SMILES string of the molecule is O=C(NC1CCCCCC1)c1nc(C(=O)N2CCOCC2)c2n1CCCC2. The maximum atomic E-state index is 13.0. The predicted octanol–water partition coefficient (Wildman–Crippen LogP) is 2.14. The van der Waals surface area contributed by atoms with Gasteiger partial charge in [0.25, 0.3) is 11.8 Å². The highest BCUT2D eigenvalue weighted by molar-refractivity contribution is 5.97. The Bertz CT molecular complexity index is 686. The molecule has 7 heteroatoms. The first-order valence-corrected chi connectivity index (χ1v) is 10.5. The van der Waals surface area contributed by atoms with Gasteiger partial charge in [-0.25, -0.2) is 4.98 Å². The summed E-state index contributed by atoms with van der Waals surface area (Å²) >= 11 is 0. The third-order valence-electron chi connectivity index (χ3n) is 6.01. The van der Waals surface area contributed by atoms with Crippen LogP contribution in [0.4, 0.5) is 0 Å². The number of rotatable bonds is 3. The molecule has 2 fully saturated rings. The fourth-order valence-electron chi connectivity index (χ4n) is 4.48. The molecule has 1 N–H and O–H groups in total. The number of nitrogens with one attached hydrogen (secondary N) is 1. The van der Waals surface area contributed by atoms with Crippen LogP contribution in [0.25, 0.3) is 0 Å². The summed E-state index contributed by atoms with van der Waals surface area (Å²) in [5.74, 6) is 0.245. The molecule has 1 aromatic rings. The van der Waals surface area contributed by atoms with Crippen LogP contribution >= 0.6 is 0 Å². The van der Waals surface area contributed by atoms with Gasteiger partial charge in [0.1, 0.15) is 5.69 Å². The van der Waals surface area contributed by atoms with E-state index >= 15 is 0 Å². The predicted molar refractivity (Wildman–Crippen MR) is 101 cm³/mol. The molecular formula is C20H30N4O3. The highest BCUT2D eigenvalue weighted by atomic mass is 16.5. The summed E-state index contributed by atoms with van der Waals surface area (Å²) < 4.78 is 7.34. The van der Waals surface area contributed by atoms with Crippen molar-refractivity contribution < 1.29 is 14.3 Å². The van der Waals surface area contributed by atoms with Crippen molar-refractivity contribution in [1.82, 2.24) is 19.8 Å². The molecule has 1 saturated carbocycles. The maximum Gasteiger partial charge on any atom is 0.287 e. The molecule has 2 amide bonds. The Kier molecular flexibility index (Phi) is 5.76. The van der Waals surface area contributed by atoms with Crippen LogP contribution in [0.3, 0.4) is 0 Å². The number of nitrogens with zero attached hydrogens (tertiary/aromatic N) is 3. The number of hydrogen-bond donors (Lipinski definition) is 1. The van der Waals surface area contributed by atoms with Gasteiger partial charge in [-0.3, -0.25) is 9.59 Å². The molecule has 1 aromatic heterocycles. The number of fused-ring (bicyclic) bond motifs is 1. The molecule has 1 saturated heterocycles. The molecule has 3 aliphatic rings. The quantitative estimate of drug-likeness (QED) is 0.823. The normalized spacial score (nSPS) is 21.4. The van der Waals surface area contributed by atoms with Crippen molar-refractivity contribution in [2.45, 2.75) is 70.4 Å². The molecule has 0 radical (unpaired) electrons. The number of aromatic nitrogens is 2. The lowest BCUT2D eigenvalue weighted by Gasteiger charge is -2.26. The van der Waals surface area contributed by atoms with Gasteiger partial charge < -0.3 is 19.5 Å². The van der Waals surface area contributed by atoms with Crippen molar-refractivity contribution in [3.05, 3.63) is 17.2 Å². The number of carbonyl (C=O) groups is 2. The smallest absolute Gasteiger partial charge is 0.287 e. The van der Waals surface area contributed by atoms with E-state index in [0.717, 1.165) is 44.3 Å². The van der Waals surface area contributed by atoms with Crippen molar-refractivity contribution in [2.75, 3.05) is 26.3 Å². The van der Waals surface area contributed by atoms with E-state index in [1.54, 1.807) is 4.90 Å². The largest absolute Gasteiger partial charge is 0.378 e. The minimum absolute atomic E-state index is 0.0579. The third-order valence-corrected chi connectivity index (χ3v) is 6.01. The van der Waals surface area contributed by atoms with Gasteiger partial charge in [0.2, 0.25) is 0 Å². The summed E-state index contributed by atoms with van der Waals surface area (Å²) in [4.78, 5) is 32.4. The van der Waals surface area contributed by atoms with E-state index in [1.807, 2.05) is 4.57 Å². The molecule has 4 rings (SSSR count). The second-order valence-electron chi connectivity index (χ2n) is 7.91. The van der Waals surface area contributed by atoms with Gasteiger partial charge in [-0.15, -0.1) is 0 Å². The lowest BCUT2D eigenvalue weighted by Crippen LogP contribution is -2.41. The summed E-state index contributed by atoms with van der Waals surface area (Å²) in [6, 6.07) is 0.231. The van der Waals surface area contributed by atoms with Crippen LogP contribution in [0, 0.1) is 0 Å². The lowest BCUT2D eigenvalue weighted by atomic mass is 10.1. The summed E-state index contributed by atoms with van der Waals surface area (Å²) in [6.45, 7) is 3.09. The van der Waals surface area contributed by atoms with Crippen molar-refractivity contribution in [3.8, 4) is 0 Å². The first-order valence-electron chi connectivity index (χ1n) is 10.5. The summed E-state index contributed by atoms with van der Waals surface area (Å²) in [7, 11) is 0. The Morgan fingerprint density at radius 1 is 0.963 bits per heavy atom. The van der Waals surface area contributed by atoms with Crippen LogP contribution in [0.1, 0.15) is 78.2 Å². The van der Waals surface area contributed by atoms with Gasteiger partial charge in [0.05, 0.1) is 18.9 Å². The number of ether oxygens (including phenoxy) is 1. The molecule has 0 unspecified atom stereocenters. The fourth-order valence-corrected chi connectivity index (χ4v) is 4.48. The first kappa shape index (κ1) is 18.5.